The summed E-state index contributed by atoms with van der Waals surface area (Å²) in [6, 6.07) is 4.95. The van der Waals surface area contributed by atoms with Gasteiger partial charge in [0.05, 0.1) is 12.1 Å². The number of nitrogens with one attached hydrogen (secondary N) is 1. The quantitative estimate of drug-likeness (QED) is 0.738. The number of rotatable bonds is 2. The zero-order valence-electron chi connectivity index (χ0n) is 9.34. The molecule has 1 aromatic heterocycles. The Labute approximate surface area is 102 Å². The van der Waals surface area contributed by atoms with Crippen LogP contribution in [0.25, 0.3) is 10.9 Å². The third-order valence-electron chi connectivity index (χ3n) is 2.86. The highest BCUT2D eigenvalue weighted by atomic mass is 16.6. The molecule has 0 radical (unpaired) electrons. The number of aromatic carboxylic acids is 1. The topological polar surface area (TPSA) is 91.8 Å². The average molecular weight is 249 g/mol. The summed E-state index contributed by atoms with van der Waals surface area (Å²) in [5, 5.41) is 18.7. The molecule has 94 valence electrons. The van der Waals surface area contributed by atoms with E-state index in [1.165, 1.54) is 6.07 Å². The van der Waals surface area contributed by atoms with Gasteiger partial charge in [-0.1, -0.05) is 0 Å². The number of aromatic amines is 1. The Bertz CT molecular complexity index is 618. The zero-order valence-corrected chi connectivity index (χ0v) is 9.34. The van der Waals surface area contributed by atoms with Crippen molar-refractivity contribution >= 4 is 16.9 Å². The fraction of sp³-hybridized carbons (Fsp3) is 0.250. The second kappa shape index (κ2) is 3.92. The van der Waals surface area contributed by atoms with Gasteiger partial charge < -0.3 is 24.7 Å². The highest BCUT2D eigenvalue weighted by Crippen LogP contribution is 2.39. The maximum absolute atomic E-state index is 10.9. The number of H-pyrrole nitrogens is 1. The first-order chi connectivity index (χ1) is 8.69. The molecular weight excluding hydrogens is 238 g/mol. The van der Waals surface area contributed by atoms with E-state index in [4.69, 9.17) is 19.7 Å². The molecule has 6 nitrogen and oxygen atoms in total. The highest BCUT2D eigenvalue weighted by Gasteiger charge is 2.23. The van der Waals surface area contributed by atoms with Crippen molar-refractivity contribution in [3.8, 4) is 11.5 Å². The van der Waals surface area contributed by atoms with Crippen LogP contribution in [0, 0.1) is 0 Å². The number of aromatic nitrogens is 1. The van der Waals surface area contributed by atoms with Crippen LogP contribution in [0.5, 0.6) is 11.5 Å². The van der Waals surface area contributed by atoms with Gasteiger partial charge in [0, 0.05) is 5.39 Å². The van der Waals surface area contributed by atoms with Gasteiger partial charge in [0.1, 0.15) is 12.3 Å². The third-order valence-corrected chi connectivity index (χ3v) is 2.86. The molecule has 2 heterocycles. The van der Waals surface area contributed by atoms with Crippen LogP contribution in [-0.2, 0) is 0 Å². The molecule has 1 aliphatic rings. The number of fused-ring (bicyclic) bond motifs is 3. The molecule has 0 amide bonds. The van der Waals surface area contributed by atoms with Gasteiger partial charge >= 0.3 is 5.97 Å². The minimum absolute atomic E-state index is 0.0909. The molecule has 0 unspecified atom stereocenters. The molecule has 6 heteroatoms. The van der Waals surface area contributed by atoms with Gasteiger partial charge in [0.2, 0.25) is 0 Å². The first-order valence-electron chi connectivity index (χ1n) is 5.48. The maximum atomic E-state index is 10.9. The molecule has 3 N–H and O–H groups in total. The number of carboxylic acid groups (broad SMARTS) is 1. The largest absolute Gasteiger partial charge is 0.486 e. The Morgan fingerprint density at radius 1 is 1.50 bits per heavy atom. The van der Waals surface area contributed by atoms with Gasteiger partial charge in [-0.2, -0.15) is 0 Å². The molecule has 0 bridgehead atoms. The molecule has 1 atom stereocenters. The van der Waals surface area contributed by atoms with Crippen LogP contribution in [0.1, 0.15) is 10.5 Å². The van der Waals surface area contributed by atoms with Crippen LogP contribution in [0.2, 0.25) is 0 Å². The first-order valence-corrected chi connectivity index (χ1v) is 5.48. The first kappa shape index (κ1) is 10.9. The minimum Gasteiger partial charge on any atom is -0.486 e. The van der Waals surface area contributed by atoms with E-state index in [0.29, 0.717) is 22.4 Å². The van der Waals surface area contributed by atoms with E-state index in [0.717, 1.165) is 0 Å². The van der Waals surface area contributed by atoms with Gasteiger partial charge in [0.25, 0.3) is 0 Å². The number of ether oxygens (including phenoxy) is 2. The molecule has 0 aliphatic carbocycles. The molecule has 1 aromatic carbocycles. The van der Waals surface area contributed by atoms with E-state index in [1.807, 2.05) is 0 Å². The number of carbonyl (C=O) groups is 1. The summed E-state index contributed by atoms with van der Waals surface area (Å²) >= 11 is 0. The van der Waals surface area contributed by atoms with Crippen molar-refractivity contribution < 1.29 is 24.5 Å². The lowest BCUT2D eigenvalue weighted by atomic mass is 10.2. The molecule has 18 heavy (non-hydrogen) atoms. The van der Waals surface area contributed by atoms with Crippen LogP contribution >= 0.6 is 0 Å². The Morgan fingerprint density at radius 2 is 2.33 bits per heavy atom. The molecular formula is C12H11NO5. The number of benzene rings is 1. The summed E-state index contributed by atoms with van der Waals surface area (Å²) in [4.78, 5) is 13.7. The normalized spacial score (nSPS) is 17.9. The van der Waals surface area contributed by atoms with Crippen LogP contribution < -0.4 is 9.47 Å². The summed E-state index contributed by atoms with van der Waals surface area (Å²) in [6.45, 7) is 0.136. The summed E-state index contributed by atoms with van der Waals surface area (Å²) < 4.78 is 11.1. The van der Waals surface area contributed by atoms with E-state index in [-0.39, 0.29) is 18.9 Å². The number of carboxylic acids is 1. The summed E-state index contributed by atoms with van der Waals surface area (Å²) in [5.41, 5.74) is 0.751. The van der Waals surface area contributed by atoms with Crippen molar-refractivity contribution in [3.63, 3.8) is 0 Å². The Hall–Kier alpha value is -2.21. The Balaban J connectivity index is 2.15. The number of hydrogen-bond donors (Lipinski definition) is 3. The van der Waals surface area contributed by atoms with Crippen molar-refractivity contribution in [3.05, 3.63) is 23.9 Å². The lowest BCUT2D eigenvalue weighted by Crippen LogP contribution is -2.32. The molecule has 2 aromatic rings. The Kier molecular flexibility index (Phi) is 2.38. The Morgan fingerprint density at radius 3 is 3.06 bits per heavy atom. The zero-order chi connectivity index (χ0) is 12.7. The van der Waals surface area contributed by atoms with Crippen LogP contribution in [0.3, 0.4) is 0 Å². The lowest BCUT2D eigenvalue weighted by molar-refractivity contribution is 0.0472. The van der Waals surface area contributed by atoms with Gasteiger partial charge in [-0.15, -0.1) is 0 Å². The van der Waals surface area contributed by atoms with Crippen LogP contribution in [0.15, 0.2) is 18.2 Å². The second-order valence-corrected chi connectivity index (χ2v) is 4.08. The van der Waals surface area contributed by atoms with E-state index >= 15 is 0 Å². The number of aliphatic hydroxyl groups excluding tert-OH is 1. The van der Waals surface area contributed by atoms with Gasteiger partial charge in [-0.05, 0) is 18.2 Å². The predicted octanol–water partition coefficient (Wildman–Crippen LogP) is 0.998. The van der Waals surface area contributed by atoms with Crippen LogP contribution in [0.4, 0.5) is 0 Å². The van der Waals surface area contributed by atoms with Gasteiger partial charge in [0.15, 0.2) is 17.6 Å². The van der Waals surface area contributed by atoms with Crippen molar-refractivity contribution in [1.29, 1.82) is 0 Å². The molecule has 0 saturated carbocycles. The van der Waals surface area contributed by atoms with Gasteiger partial charge in [-0.25, -0.2) is 4.79 Å². The monoisotopic (exact) mass is 249 g/mol. The molecule has 1 aliphatic heterocycles. The number of hydrogen-bond acceptors (Lipinski definition) is 4. The molecule has 3 rings (SSSR count). The SMILES string of the molecule is O=C(O)c1cc2c3c(ccc2[nH]1)OC[C@H](CO)O3. The molecule has 0 saturated heterocycles. The third kappa shape index (κ3) is 1.58. The van der Waals surface area contributed by atoms with E-state index < -0.39 is 12.1 Å². The fourth-order valence-corrected chi connectivity index (χ4v) is 1.98. The van der Waals surface area contributed by atoms with E-state index in [2.05, 4.69) is 4.98 Å². The maximum Gasteiger partial charge on any atom is 0.352 e. The summed E-state index contributed by atoms with van der Waals surface area (Å²) in [6.07, 6.45) is -0.425. The highest BCUT2D eigenvalue weighted by molar-refractivity contribution is 5.97. The summed E-state index contributed by atoms with van der Waals surface area (Å²) in [5.74, 6) is 0.0000692. The fourth-order valence-electron chi connectivity index (χ4n) is 1.98. The van der Waals surface area contributed by atoms with Gasteiger partial charge in [-0.3, -0.25) is 0 Å². The number of aliphatic hydroxyl groups is 1. The summed E-state index contributed by atoms with van der Waals surface area (Å²) in [7, 11) is 0. The van der Waals surface area contributed by atoms with E-state index in [1.54, 1.807) is 12.1 Å². The van der Waals surface area contributed by atoms with E-state index in [9.17, 15) is 4.79 Å². The smallest absolute Gasteiger partial charge is 0.352 e. The molecule has 0 spiro atoms. The lowest BCUT2D eigenvalue weighted by Gasteiger charge is -2.25. The van der Waals surface area contributed by atoms with Crippen molar-refractivity contribution in [1.82, 2.24) is 4.98 Å². The van der Waals surface area contributed by atoms with Crippen LogP contribution in [-0.4, -0.2) is 40.5 Å². The van der Waals surface area contributed by atoms with Crippen molar-refractivity contribution in [2.75, 3.05) is 13.2 Å². The molecule has 0 fully saturated rings. The predicted molar refractivity (Wildman–Crippen MR) is 62.3 cm³/mol. The van der Waals surface area contributed by atoms with Crippen molar-refractivity contribution in [2.24, 2.45) is 0 Å². The minimum atomic E-state index is -1.03. The standard InChI is InChI=1S/C12H11NO5/c14-4-6-5-17-10-2-1-8-7(11(10)18-6)3-9(13-8)12(15)16/h1-3,6,13-14H,4-5H2,(H,15,16)/t6-/m0/s1. The van der Waals surface area contributed by atoms with Crippen molar-refractivity contribution in [2.45, 2.75) is 6.10 Å². The average Bonchev–Trinajstić information content (AvgIpc) is 2.82. The second-order valence-electron chi connectivity index (χ2n) is 4.08.